The van der Waals surface area contributed by atoms with Crippen LogP contribution in [0.15, 0.2) is 23.0 Å². The minimum Gasteiger partial charge on any atom is -0.472 e. The lowest BCUT2D eigenvalue weighted by molar-refractivity contribution is 0.243. The number of nitrogens with one attached hydrogen (secondary N) is 2. The summed E-state index contributed by atoms with van der Waals surface area (Å²) >= 11 is 0. The molecule has 1 aliphatic rings. The zero-order chi connectivity index (χ0) is 14.4. The topological polar surface area (TPSA) is 74.6 Å². The van der Waals surface area contributed by atoms with Gasteiger partial charge in [-0.05, 0) is 25.5 Å². The van der Waals surface area contributed by atoms with Gasteiger partial charge in [-0.25, -0.2) is 0 Å². The molecule has 0 amide bonds. The first-order chi connectivity index (χ1) is 9.63. The fourth-order valence-electron chi connectivity index (χ4n) is 2.46. The van der Waals surface area contributed by atoms with Gasteiger partial charge in [-0.1, -0.05) is 13.3 Å². The fourth-order valence-corrected chi connectivity index (χ4v) is 3.91. The molecule has 0 aliphatic carbocycles. The van der Waals surface area contributed by atoms with E-state index in [9.17, 15) is 8.42 Å². The molecule has 0 spiro atoms. The summed E-state index contributed by atoms with van der Waals surface area (Å²) in [4.78, 5) is 0. The Kier molecular flexibility index (Phi) is 5.59. The van der Waals surface area contributed by atoms with Crippen LogP contribution in [-0.2, 0) is 16.8 Å². The minimum atomic E-state index is -3.44. The van der Waals surface area contributed by atoms with Gasteiger partial charge in [0.15, 0.2) is 0 Å². The van der Waals surface area contributed by atoms with Gasteiger partial charge in [0.25, 0.3) is 10.2 Å². The molecule has 1 saturated heterocycles. The molecular formula is C13H23N3O3S. The van der Waals surface area contributed by atoms with Crippen molar-refractivity contribution < 1.29 is 12.8 Å². The minimum absolute atomic E-state index is 0.0468. The standard InChI is InChI=1S/C13H23N3O3S/c1-2-14-10-13-5-3-4-7-16(13)20(17,18)15-9-12-6-8-19-11-12/h6,8,11,13-15H,2-5,7,9-10H2,1H3. The first kappa shape index (κ1) is 15.5. The van der Waals surface area contributed by atoms with E-state index in [2.05, 4.69) is 10.0 Å². The van der Waals surface area contributed by atoms with Gasteiger partial charge in [0.2, 0.25) is 0 Å². The number of piperidine rings is 1. The Bertz CT molecular complexity index is 487. The van der Waals surface area contributed by atoms with Gasteiger partial charge >= 0.3 is 0 Å². The Balaban J connectivity index is 1.97. The molecule has 1 aliphatic heterocycles. The maximum Gasteiger partial charge on any atom is 0.280 e. The van der Waals surface area contributed by atoms with Gasteiger partial charge in [-0.3, -0.25) is 0 Å². The third kappa shape index (κ3) is 4.05. The molecule has 1 aromatic heterocycles. The first-order valence-electron chi connectivity index (χ1n) is 7.11. The van der Waals surface area contributed by atoms with E-state index in [1.54, 1.807) is 22.9 Å². The van der Waals surface area contributed by atoms with Crippen LogP contribution < -0.4 is 10.0 Å². The number of likely N-dealkylation sites (N-methyl/N-ethyl adjacent to an activating group) is 1. The van der Waals surface area contributed by atoms with Crippen LogP contribution in [0.3, 0.4) is 0 Å². The number of nitrogens with zero attached hydrogens (tertiary/aromatic N) is 1. The van der Waals surface area contributed by atoms with Gasteiger partial charge in [0.1, 0.15) is 0 Å². The van der Waals surface area contributed by atoms with Crippen molar-refractivity contribution in [1.82, 2.24) is 14.3 Å². The van der Waals surface area contributed by atoms with Crippen molar-refractivity contribution >= 4 is 10.2 Å². The molecule has 2 rings (SSSR count). The van der Waals surface area contributed by atoms with Crippen molar-refractivity contribution in [1.29, 1.82) is 0 Å². The molecule has 1 fully saturated rings. The summed E-state index contributed by atoms with van der Waals surface area (Å²) in [6.45, 7) is 4.45. The van der Waals surface area contributed by atoms with E-state index in [0.717, 1.165) is 31.4 Å². The highest BCUT2D eigenvalue weighted by atomic mass is 32.2. The zero-order valence-electron chi connectivity index (χ0n) is 11.8. The average molecular weight is 301 g/mol. The van der Waals surface area contributed by atoms with Crippen LogP contribution in [0.1, 0.15) is 31.7 Å². The third-order valence-corrected chi connectivity index (χ3v) is 5.16. The van der Waals surface area contributed by atoms with Gasteiger partial charge in [-0.2, -0.15) is 17.4 Å². The molecular weight excluding hydrogens is 278 g/mol. The van der Waals surface area contributed by atoms with E-state index >= 15 is 0 Å². The molecule has 20 heavy (non-hydrogen) atoms. The maximum absolute atomic E-state index is 12.4. The van der Waals surface area contributed by atoms with Gasteiger partial charge < -0.3 is 9.73 Å². The van der Waals surface area contributed by atoms with E-state index in [1.165, 1.54) is 0 Å². The molecule has 1 atom stereocenters. The third-order valence-electron chi connectivity index (χ3n) is 3.55. The molecule has 2 N–H and O–H groups in total. The Morgan fingerprint density at radius 2 is 2.30 bits per heavy atom. The van der Waals surface area contributed by atoms with Crippen LogP contribution in [0.4, 0.5) is 0 Å². The number of rotatable bonds is 7. The summed E-state index contributed by atoms with van der Waals surface area (Å²) in [5.41, 5.74) is 0.828. The van der Waals surface area contributed by atoms with Crippen molar-refractivity contribution in [3.63, 3.8) is 0 Å². The van der Waals surface area contributed by atoms with Crippen molar-refractivity contribution in [3.8, 4) is 0 Å². The smallest absolute Gasteiger partial charge is 0.280 e. The molecule has 1 unspecified atom stereocenters. The lowest BCUT2D eigenvalue weighted by atomic mass is 10.1. The van der Waals surface area contributed by atoms with E-state index in [-0.39, 0.29) is 12.6 Å². The second kappa shape index (κ2) is 7.21. The van der Waals surface area contributed by atoms with E-state index < -0.39 is 10.2 Å². The highest BCUT2D eigenvalue weighted by molar-refractivity contribution is 7.87. The van der Waals surface area contributed by atoms with Crippen LogP contribution in [0.25, 0.3) is 0 Å². The maximum atomic E-state index is 12.4. The molecule has 7 heteroatoms. The van der Waals surface area contributed by atoms with Crippen LogP contribution in [0.5, 0.6) is 0 Å². The first-order valence-corrected chi connectivity index (χ1v) is 8.55. The predicted molar refractivity (Wildman–Crippen MR) is 77.4 cm³/mol. The monoisotopic (exact) mass is 301 g/mol. The predicted octanol–water partition coefficient (Wildman–Crippen LogP) is 1.08. The van der Waals surface area contributed by atoms with Crippen LogP contribution in [0.2, 0.25) is 0 Å². The Morgan fingerprint density at radius 1 is 1.45 bits per heavy atom. The summed E-state index contributed by atoms with van der Waals surface area (Å²) in [5.74, 6) is 0. The molecule has 1 aromatic rings. The van der Waals surface area contributed by atoms with E-state index in [4.69, 9.17) is 4.42 Å². The van der Waals surface area contributed by atoms with Gasteiger partial charge in [0, 0.05) is 31.2 Å². The fraction of sp³-hybridized carbons (Fsp3) is 0.692. The normalized spacial score (nSPS) is 21.1. The second-order valence-electron chi connectivity index (χ2n) is 5.03. The molecule has 0 saturated carbocycles. The molecule has 0 aromatic carbocycles. The lowest BCUT2D eigenvalue weighted by Crippen LogP contribution is -2.52. The number of hydrogen-bond donors (Lipinski definition) is 2. The van der Waals surface area contributed by atoms with Crippen LogP contribution >= 0.6 is 0 Å². The number of furan rings is 1. The summed E-state index contributed by atoms with van der Waals surface area (Å²) in [6, 6.07) is 1.81. The Morgan fingerprint density at radius 3 is 3.00 bits per heavy atom. The molecule has 6 nitrogen and oxygen atoms in total. The zero-order valence-corrected chi connectivity index (χ0v) is 12.7. The summed E-state index contributed by atoms with van der Waals surface area (Å²) in [5, 5.41) is 3.24. The highest BCUT2D eigenvalue weighted by Gasteiger charge is 2.31. The molecule has 114 valence electrons. The van der Waals surface area contributed by atoms with Crippen molar-refractivity contribution in [2.45, 2.75) is 38.8 Å². The summed E-state index contributed by atoms with van der Waals surface area (Å²) in [6.07, 6.45) is 6.02. The lowest BCUT2D eigenvalue weighted by Gasteiger charge is -2.34. The molecule has 0 bridgehead atoms. The van der Waals surface area contributed by atoms with Gasteiger partial charge in [-0.15, -0.1) is 0 Å². The van der Waals surface area contributed by atoms with Crippen molar-refractivity contribution in [3.05, 3.63) is 24.2 Å². The molecule has 0 radical (unpaired) electrons. The summed E-state index contributed by atoms with van der Waals surface area (Å²) in [7, 11) is -3.44. The Labute approximate surface area is 120 Å². The highest BCUT2D eigenvalue weighted by Crippen LogP contribution is 2.19. The van der Waals surface area contributed by atoms with Crippen molar-refractivity contribution in [2.75, 3.05) is 19.6 Å². The van der Waals surface area contributed by atoms with Crippen LogP contribution in [0, 0.1) is 0 Å². The second-order valence-corrected chi connectivity index (χ2v) is 6.73. The number of hydrogen-bond acceptors (Lipinski definition) is 4. The SMILES string of the molecule is CCNCC1CCCCN1S(=O)(=O)NCc1ccoc1. The largest absolute Gasteiger partial charge is 0.472 e. The summed E-state index contributed by atoms with van der Waals surface area (Å²) < 4.78 is 34.0. The average Bonchev–Trinajstić information content (AvgIpc) is 2.97. The van der Waals surface area contributed by atoms with E-state index in [1.807, 2.05) is 6.92 Å². The quantitative estimate of drug-likeness (QED) is 0.790. The van der Waals surface area contributed by atoms with E-state index in [0.29, 0.717) is 13.1 Å². The van der Waals surface area contributed by atoms with Crippen molar-refractivity contribution in [2.24, 2.45) is 0 Å². The van der Waals surface area contributed by atoms with Gasteiger partial charge in [0.05, 0.1) is 12.5 Å². The molecule has 2 heterocycles. The van der Waals surface area contributed by atoms with Crippen LogP contribution in [-0.4, -0.2) is 38.4 Å². The Hall–Kier alpha value is -0.890.